The lowest BCUT2D eigenvalue weighted by molar-refractivity contribution is -0.118. The van der Waals surface area contributed by atoms with Crippen LogP contribution in [0.3, 0.4) is 0 Å². The molecule has 0 unspecified atom stereocenters. The Hall–Kier alpha value is -2.97. The summed E-state index contributed by atoms with van der Waals surface area (Å²) in [6.07, 6.45) is 1.67. The van der Waals surface area contributed by atoms with Gasteiger partial charge in [-0.2, -0.15) is 4.98 Å². The summed E-state index contributed by atoms with van der Waals surface area (Å²) in [6, 6.07) is 17.3. The van der Waals surface area contributed by atoms with Crippen molar-refractivity contribution in [1.82, 2.24) is 20.4 Å². The van der Waals surface area contributed by atoms with Crippen molar-refractivity contribution in [2.45, 2.75) is 11.6 Å². The van der Waals surface area contributed by atoms with Gasteiger partial charge in [-0.3, -0.25) is 4.79 Å². The van der Waals surface area contributed by atoms with Gasteiger partial charge in [0.15, 0.2) is 0 Å². The highest BCUT2D eigenvalue weighted by molar-refractivity contribution is 7.99. The molecule has 140 valence electrons. The van der Waals surface area contributed by atoms with Gasteiger partial charge in [-0.15, -0.1) is 11.3 Å². The third kappa shape index (κ3) is 4.65. The summed E-state index contributed by atoms with van der Waals surface area (Å²) in [4.78, 5) is 21.9. The molecular weight excluding hydrogens is 392 g/mol. The molecule has 3 aromatic heterocycles. The number of hydrogen-bond donors (Lipinski definition) is 1. The van der Waals surface area contributed by atoms with Crippen LogP contribution < -0.4 is 5.32 Å². The molecule has 0 radical (unpaired) electrons. The largest absolute Gasteiger partial charge is 0.350 e. The number of nitrogens with one attached hydrogen (secondary N) is 1. The van der Waals surface area contributed by atoms with Gasteiger partial charge in [0, 0.05) is 16.6 Å². The molecule has 0 spiro atoms. The van der Waals surface area contributed by atoms with Crippen molar-refractivity contribution in [3.63, 3.8) is 0 Å². The number of rotatable bonds is 7. The van der Waals surface area contributed by atoms with Gasteiger partial charge in [-0.25, -0.2) is 4.98 Å². The van der Waals surface area contributed by atoms with E-state index < -0.39 is 0 Å². The monoisotopic (exact) mass is 408 g/mol. The van der Waals surface area contributed by atoms with E-state index in [4.69, 9.17) is 4.52 Å². The zero-order chi connectivity index (χ0) is 19.2. The highest BCUT2D eigenvalue weighted by Crippen LogP contribution is 2.23. The van der Waals surface area contributed by atoms with Gasteiger partial charge < -0.3 is 9.84 Å². The number of hydrogen-bond acceptors (Lipinski definition) is 7. The average molecular weight is 409 g/mol. The van der Waals surface area contributed by atoms with Gasteiger partial charge in [0.1, 0.15) is 0 Å². The number of amides is 1. The van der Waals surface area contributed by atoms with Crippen LogP contribution in [-0.4, -0.2) is 26.8 Å². The summed E-state index contributed by atoms with van der Waals surface area (Å²) in [7, 11) is 0. The van der Waals surface area contributed by atoms with Crippen LogP contribution in [0.4, 0.5) is 0 Å². The highest BCUT2D eigenvalue weighted by Gasteiger charge is 2.11. The zero-order valence-corrected chi connectivity index (χ0v) is 16.4. The van der Waals surface area contributed by atoms with E-state index in [0.717, 1.165) is 21.0 Å². The van der Waals surface area contributed by atoms with Crippen molar-refractivity contribution in [2.75, 3.05) is 5.75 Å². The Morgan fingerprint density at radius 2 is 1.96 bits per heavy atom. The van der Waals surface area contributed by atoms with Crippen LogP contribution in [0.15, 0.2) is 75.7 Å². The first-order chi connectivity index (χ1) is 13.8. The normalized spacial score (nSPS) is 10.7. The van der Waals surface area contributed by atoms with Crippen molar-refractivity contribution >= 4 is 29.0 Å². The van der Waals surface area contributed by atoms with E-state index in [-0.39, 0.29) is 5.91 Å². The maximum Gasteiger partial charge on any atom is 0.259 e. The smallest absolute Gasteiger partial charge is 0.259 e. The fraction of sp³-hybridized carbons (Fsp3) is 0.100. The quantitative estimate of drug-likeness (QED) is 0.460. The Morgan fingerprint density at radius 3 is 2.71 bits per heavy atom. The lowest BCUT2D eigenvalue weighted by atomic mass is 10.2. The number of carbonyl (C=O) groups is 1. The molecule has 1 amide bonds. The number of benzene rings is 1. The van der Waals surface area contributed by atoms with E-state index in [0.29, 0.717) is 24.0 Å². The predicted molar refractivity (Wildman–Crippen MR) is 110 cm³/mol. The molecule has 1 aromatic carbocycles. The molecule has 28 heavy (non-hydrogen) atoms. The Labute approximate surface area is 170 Å². The summed E-state index contributed by atoms with van der Waals surface area (Å²) in [6.45, 7) is 0.560. The van der Waals surface area contributed by atoms with Crippen LogP contribution in [0.5, 0.6) is 0 Å². The van der Waals surface area contributed by atoms with E-state index in [1.54, 1.807) is 17.5 Å². The molecule has 6 nitrogen and oxygen atoms in total. The van der Waals surface area contributed by atoms with E-state index in [2.05, 4.69) is 20.4 Å². The standard InChI is InChI=1S/C20H16N4O2S2/c25-17(21-12-16-7-4-10-27-16)13-28-18-9-8-15(11-22-18)20-23-19(24-26-20)14-5-2-1-3-6-14/h1-11H,12-13H2,(H,21,25). The molecule has 0 atom stereocenters. The molecule has 8 heteroatoms. The number of thiophene rings is 1. The topological polar surface area (TPSA) is 80.9 Å². The van der Waals surface area contributed by atoms with Crippen LogP contribution in [-0.2, 0) is 11.3 Å². The van der Waals surface area contributed by atoms with E-state index in [9.17, 15) is 4.79 Å². The Kier molecular flexibility index (Phi) is 5.79. The number of carbonyl (C=O) groups excluding carboxylic acids is 1. The van der Waals surface area contributed by atoms with Crippen molar-refractivity contribution < 1.29 is 9.32 Å². The third-order valence-electron chi connectivity index (χ3n) is 3.83. The van der Waals surface area contributed by atoms with Crippen LogP contribution in [0.25, 0.3) is 22.8 Å². The number of aromatic nitrogens is 3. The van der Waals surface area contributed by atoms with E-state index in [1.807, 2.05) is 60.0 Å². The van der Waals surface area contributed by atoms with Crippen LogP contribution in [0, 0.1) is 0 Å². The second kappa shape index (κ2) is 8.81. The zero-order valence-electron chi connectivity index (χ0n) is 14.7. The molecule has 0 saturated heterocycles. The molecule has 0 aliphatic rings. The summed E-state index contributed by atoms with van der Waals surface area (Å²) in [5, 5.41) is 9.67. The number of thioether (sulfide) groups is 1. The fourth-order valence-electron chi connectivity index (χ4n) is 2.43. The molecule has 4 aromatic rings. The molecule has 0 fully saturated rings. The Bertz CT molecular complexity index is 1030. The van der Waals surface area contributed by atoms with Crippen molar-refractivity contribution in [2.24, 2.45) is 0 Å². The van der Waals surface area contributed by atoms with E-state index in [1.165, 1.54) is 11.8 Å². The minimum atomic E-state index is -0.0197. The lowest BCUT2D eigenvalue weighted by Gasteiger charge is -2.03. The lowest BCUT2D eigenvalue weighted by Crippen LogP contribution is -2.24. The van der Waals surface area contributed by atoms with Crippen molar-refractivity contribution in [3.05, 3.63) is 71.1 Å². The summed E-state index contributed by atoms with van der Waals surface area (Å²) < 4.78 is 5.34. The molecule has 1 N–H and O–H groups in total. The third-order valence-corrected chi connectivity index (χ3v) is 5.65. The maximum absolute atomic E-state index is 11.9. The minimum Gasteiger partial charge on any atom is -0.350 e. The Balaban J connectivity index is 1.32. The molecule has 0 aliphatic heterocycles. The maximum atomic E-state index is 11.9. The molecule has 0 saturated carbocycles. The molecule has 4 rings (SSSR count). The van der Waals surface area contributed by atoms with Gasteiger partial charge in [0.2, 0.25) is 11.7 Å². The average Bonchev–Trinajstić information content (AvgIpc) is 3.44. The predicted octanol–water partition coefficient (Wildman–Crippen LogP) is 4.27. The summed E-state index contributed by atoms with van der Waals surface area (Å²) >= 11 is 3.01. The van der Waals surface area contributed by atoms with Gasteiger partial charge in [-0.1, -0.05) is 53.3 Å². The summed E-state index contributed by atoms with van der Waals surface area (Å²) in [5.41, 5.74) is 1.63. The van der Waals surface area contributed by atoms with Crippen molar-refractivity contribution in [1.29, 1.82) is 0 Å². The second-order valence-corrected chi connectivity index (χ2v) is 7.85. The van der Waals surface area contributed by atoms with Crippen LogP contribution in [0.2, 0.25) is 0 Å². The minimum absolute atomic E-state index is 0.0197. The molecule has 0 bridgehead atoms. The first-order valence-corrected chi connectivity index (χ1v) is 10.4. The first-order valence-electron chi connectivity index (χ1n) is 8.55. The van der Waals surface area contributed by atoms with Gasteiger partial charge >= 0.3 is 0 Å². The second-order valence-electron chi connectivity index (χ2n) is 5.82. The fourth-order valence-corrected chi connectivity index (χ4v) is 3.74. The van der Waals surface area contributed by atoms with Crippen LogP contribution >= 0.6 is 23.1 Å². The van der Waals surface area contributed by atoms with Gasteiger partial charge in [-0.05, 0) is 23.6 Å². The van der Waals surface area contributed by atoms with Crippen molar-refractivity contribution in [3.8, 4) is 22.8 Å². The molecule has 3 heterocycles. The number of pyridine rings is 1. The number of nitrogens with zero attached hydrogens (tertiary/aromatic N) is 3. The molecular formula is C20H16N4O2S2. The SMILES string of the molecule is O=C(CSc1ccc(-c2nc(-c3ccccc3)no2)cn1)NCc1cccs1. The van der Waals surface area contributed by atoms with E-state index >= 15 is 0 Å². The molecule has 0 aliphatic carbocycles. The van der Waals surface area contributed by atoms with Gasteiger partial charge in [0.25, 0.3) is 5.89 Å². The first kappa shape index (κ1) is 18.4. The van der Waals surface area contributed by atoms with Crippen LogP contribution in [0.1, 0.15) is 4.88 Å². The summed E-state index contributed by atoms with van der Waals surface area (Å²) in [5.74, 6) is 1.25. The van der Waals surface area contributed by atoms with Gasteiger partial charge in [0.05, 0.1) is 22.9 Å². The highest BCUT2D eigenvalue weighted by atomic mass is 32.2. The Morgan fingerprint density at radius 1 is 1.07 bits per heavy atom.